The molecule has 2 rings (SSSR count). The number of hydrogen-bond acceptors (Lipinski definition) is 4. The van der Waals surface area contributed by atoms with Crippen molar-refractivity contribution in [3.63, 3.8) is 0 Å². The smallest absolute Gasteiger partial charge is 0.244 e. The Morgan fingerprint density at radius 2 is 2.06 bits per heavy atom. The van der Waals surface area contributed by atoms with E-state index in [0.717, 1.165) is 12.8 Å². The highest BCUT2D eigenvalue weighted by Gasteiger charge is 2.29. The Morgan fingerprint density at radius 1 is 1.39 bits per heavy atom. The summed E-state index contributed by atoms with van der Waals surface area (Å²) in [6.07, 6.45) is 2.72. The number of halogens is 1. The standard InChI is InChI=1S/C11H15ClN2O3S/c1-14(9-4-6-17-7-5-9)18(15,16)10-2-3-11(12)13-8-10/h2-3,8-9H,4-7H2,1H3. The maximum Gasteiger partial charge on any atom is 0.244 e. The molecule has 0 N–H and O–H groups in total. The first kappa shape index (κ1) is 13.7. The largest absolute Gasteiger partial charge is 0.381 e. The van der Waals surface area contributed by atoms with Gasteiger partial charge in [0, 0.05) is 32.5 Å². The molecule has 100 valence electrons. The molecular formula is C11H15ClN2O3S. The number of rotatable bonds is 3. The summed E-state index contributed by atoms with van der Waals surface area (Å²) in [5, 5.41) is 0.280. The zero-order valence-corrected chi connectivity index (χ0v) is 11.6. The van der Waals surface area contributed by atoms with Crippen molar-refractivity contribution in [1.29, 1.82) is 0 Å². The van der Waals surface area contributed by atoms with Gasteiger partial charge >= 0.3 is 0 Å². The summed E-state index contributed by atoms with van der Waals surface area (Å²) in [4.78, 5) is 3.98. The van der Waals surface area contributed by atoms with Crippen molar-refractivity contribution >= 4 is 21.6 Å². The third-order valence-electron chi connectivity index (χ3n) is 3.08. The van der Waals surface area contributed by atoms with E-state index in [0.29, 0.717) is 13.2 Å². The molecule has 0 saturated carbocycles. The van der Waals surface area contributed by atoms with Crippen LogP contribution in [-0.4, -0.2) is 44.0 Å². The lowest BCUT2D eigenvalue weighted by Crippen LogP contribution is -2.40. The van der Waals surface area contributed by atoms with Crippen LogP contribution >= 0.6 is 11.6 Å². The van der Waals surface area contributed by atoms with E-state index in [1.807, 2.05) is 0 Å². The van der Waals surface area contributed by atoms with Gasteiger partial charge in [-0.05, 0) is 25.0 Å². The van der Waals surface area contributed by atoms with Crippen LogP contribution in [0.5, 0.6) is 0 Å². The lowest BCUT2D eigenvalue weighted by atomic mass is 10.1. The Morgan fingerprint density at radius 3 is 2.61 bits per heavy atom. The van der Waals surface area contributed by atoms with Gasteiger partial charge in [0.05, 0.1) is 0 Å². The zero-order valence-electron chi connectivity index (χ0n) is 10.0. The number of aromatic nitrogens is 1. The molecule has 1 aliphatic heterocycles. The second-order valence-corrected chi connectivity index (χ2v) is 6.57. The van der Waals surface area contributed by atoms with E-state index in [1.165, 1.54) is 22.6 Å². The monoisotopic (exact) mass is 290 g/mol. The van der Waals surface area contributed by atoms with E-state index in [9.17, 15) is 8.42 Å². The maximum atomic E-state index is 12.3. The number of pyridine rings is 1. The zero-order chi connectivity index (χ0) is 13.2. The first-order valence-electron chi connectivity index (χ1n) is 5.69. The Kier molecular flexibility index (Phi) is 4.21. The van der Waals surface area contributed by atoms with E-state index >= 15 is 0 Å². The number of nitrogens with zero attached hydrogens (tertiary/aromatic N) is 2. The van der Waals surface area contributed by atoms with E-state index in [2.05, 4.69) is 4.98 Å². The van der Waals surface area contributed by atoms with Gasteiger partial charge in [-0.2, -0.15) is 4.31 Å². The highest BCUT2D eigenvalue weighted by atomic mass is 35.5. The van der Waals surface area contributed by atoms with Crippen molar-refractivity contribution in [2.24, 2.45) is 0 Å². The van der Waals surface area contributed by atoms with Gasteiger partial charge in [0.2, 0.25) is 10.0 Å². The van der Waals surface area contributed by atoms with Gasteiger partial charge in [0.1, 0.15) is 10.0 Å². The molecule has 0 aromatic carbocycles. The quantitative estimate of drug-likeness (QED) is 0.792. The molecule has 1 aromatic rings. The average molecular weight is 291 g/mol. The fourth-order valence-electron chi connectivity index (χ4n) is 1.93. The Labute approximate surface area is 112 Å². The SMILES string of the molecule is CN(C1CCOCC1)S(=O)(=O)c1ccc(Cl)nc1. The van der Waals surface area contributed by atoms with Crippen molar-refractivity contribution < 1.29 is 13.2 Å². The van der Waals surface area contributed by atoms with E-state index in [1.54, 1.807) is 7.05 Å². The summed E-state index contributed by atoms with van der Waals surface area (Å²) in [5.74, 6) is 0. The number of ether oxygens (including phenoxy) is 1. The second-order valence-electron chi connectivity index (χ2n) is 4.18. The van der Waals surface area contributed by atoms with Crippen LogP contribution in [0.4, 0.5) is 0 Å². The Balaban J connectivity index is 2.21. The average Bonchev–Trinajstić information content (AvgIpc) is 2.39. The fourth-order valence-corrected chi connectivity index (χ4v) is 3.40. The highest BCUT2D eigenvalue weighted by molar-refractivity contribution is 7.89. The lowest BCUT2D eigenvalue weighted by molar-refractivity contribution is 0.0632. The molecule has 18 heavy (non-hydrogen) atoms. The highest BCUT2D eigenvalue weighted by Crippen LogP contribution is 2.21. The van der Waals surface area contributed by atoms with Crippen LogP contribution < -0.4 is 0 Å². The van der Waals surface area contributed by atoms with Gasteiger partial charge in [-0.25, -0.2) is 13.4 Å². The van der Waals surface area contributed by atoms with Crippen LogP contribution in [0.1, 0.15) is 12.8 Å². The molecule has 0 spiro atoms. The van der Waals surface area contributed by atoms with Crippen molar-refractivity contribution in [3.05, 3.63) is 23.5 Å². The second kappa shape index (κ2) is 5.52. The van der Waals surface area contributed by atoms with Gasteiger partial charge in [-0.3, -0.25) is 0 Å². The van der Waals surface area contributed by atoms with Gasteiger partial charge in [0.25, 0.3) is 0 Å². The van der Waals surface area contributed by atoms with Crippen molar-refractivity contribution in [2.45, 2.75) is 23.8 Å². The van der Waals surface area contributed by atoms with Gasteiger partial charge < -0.3 is 4.74 Å². The predicted molar refractivity (Wildman–Crippen MR) is 68.0 cm³/mol. The molecule has 1 aromatic heterocycles. The Hall–Kier alpha value is -0.690. The fraction of sp³-hybridized carbons (Fsp3) is 0.545. The van der Waals surface area contributed by atoms with E-state index in [4.69, 9.17) is 16.3 Å². The van der Waals surface area contributed by atoms with Gasteiger partial charge in [0.15, 0.2) is 0 Å². The number of sulfonamides is 1. The van der Waals surface area contributed by atoms with E-state index < -0.39 is 10.0 Å². The summed E-state index contributed by atoms with van der Waals surface area (Å²) in [6, 6.07) is 2.94. The lowest BCUT2D eigenvalue weighted by Gasteiger charge is -2.30. The minimum atomic E-state index is -3.50. The third-order valence-corrected chi connectivity index (χ3v) is 5.20. The molecule has 1 aliphatic rings. The Bertz CT molecular complexity index is 498. The van der Waals surface area contributed by atoms with E-state index in [-0.39, 0.29) is 16.1 Å². The normalized spacial score (nSPS) is 18.2. The van der Waals surface area contributed by atoms with Crippen molar-refractivity contribution in [3.8, 4) is 0 Å². The van der Waals surface area contributed by atoms with Crippen LogP contribution in [0.15, 0.2) is 23.2 Å². The van der Waals surface area contributed by atoms with Crippen LogP contribution in [0, 0.1) is 0 Å². The predicted octanol–water partition coefficient (Wildman–Crippen LogP) is 1.53. The first-order chi connectivity index (χ1) is 8.51. The molecule has 1 fully saturated rings. The minimum Gasteiger partial charge on any atom is -0.381 e. The summed E-state index contributed by atoms with van der Waals surface area (Å²) in [5.41, 5.74) is 0. The molecule has 2 heterocycles. The van der Waals surface area contributed by atoms with Crippen molar-refractivity contribution in [1.82, 2.24) is 9.29 Å². The summed E-state index contributed by atoms with van der Waals surface area (Å²) < 4.78 is 31.3. The van der Waals surface area contributed by atoms with Crippen molar-refractivity contribution in [2.75, 3.05) is 20.3 Å². The molecule has 7 heteroatoms. The van der Waals surface area contributed by atoms with Crippen LogP contribution in [-0.2, 0) is 14.8 Å². The minimum absolute atomic E-state index is 0.0144. The molecular weight excluding hydrogens is 276 g/mol. The third kappa shape index (κ3) is 2.83. The van der Waals surface area contributed by atoms with Crippen LogP contribution in [0.3, 0.4) is 0 Å². The molecule has 0 radical (unpaired) electrons. The molecule has 5 nitrogen and oxygen atoms in total. The summed E-state index contributed by atoms with van der Waals surface area (Å²) >= 11 is 5.65. The van der Waals surface area contributed by atoms with Gasteiger partial charge in [-0.1, -0.05) is 11.6 Å². The topological polar surface area (TPSA) is 59.5 Å². The molecule has 1 saturated heterocycles. The molecule has 0 amide bonds. The molecule has 0 bridgehead atoms. The summed E-state index contributed by atoms with van der Waals surface area (Å²) in [7, 11) is -1.90. The maximum absolute atomic E-state index is 12.3. The van der Waals surface area contributed by atoms with Crippen LogP contribution in [0.25, 0.3) is 0 Å². The summed E-state index contributed by atoms with van der Waals surface area (Å²) in [6.45, 7) is 1.20. The van der Waals surface area contributed by atoms with Gasteiger partial charge in [-0.15, -0.1) is 0 Å². The molecule has 0 atom stereocenters. The molecule has 0 unspecified atom stereocenters. The van der Waals surface area contributed by atoms with Crippen LogP contribution in [0.2, 0.25) is 5.15 Å². The molecule has 0 aliphatic carbocycles. The first-order valence-corrected chi connectivity index (χ1v) is 7.51. The number of hydrogen-bond donors (Lipinski definition) is 0.